The number of rotatable bonds is 6. The van der Waals surface area contributed by atoms with E-state index in [9.17, 15) is 13.6 Å². The lowest BCUT2D eigenvalue weighted by Gasteiger charge is -2.08. The first-order valence-corrected chi connectivity index (χ1v) is 7.82. The third-order valence-electron chi connectivity index (χ3n) is 3.51. The molecule has 7 heteroatoms. The van der Waals surface area contributed by atoms with Gasteiger partial charge >= 0.3 is 0 Å². The van der Waals surface area contributed by atoms with Crippen molar-refractivity contribution in [3.8, 4) is 0 Å². The van der Waals surface area contributed by atoms with E-state index in [1.165, 1.54) is 12.1 Å². The number of nitrogens with two attached hydrogens (primary N) is 4. The Morgan fingerprint density at radius 1 is 0.880 bits per heavy atom. The second-order valence-electron chi connectivity index (χ2n) is 5.60. The van der Waals surface area contributed by atoms with Crippen molar-refractivity contribution in [1.82, 2.24) is 0 Å². The van der Waals surface area contributed by atoms with Gasteiger partial charge in [-0.25, -0.2) is 8.78 Å². The fraction of sp³-hybridized carbons (Fsp3) is 0.278. The van der Waals surface area contributed by atoms with Gasteiger partial charge in [0.1, 0.15) is 11.6 Å². The second-order valence-corrected chi connectivity index (χ2v) is 5.60. The quantitative estimate of drug-likeness (QED) is 0.616. The van der Waals surface area contributed by atoms with Crippen molar-refractivity contribution in [2.45, 2.75) is 24.9 Å². The zero-order chi connectivity index (χ0) is 18.8. The third kappa shape index (κ3) is 7.38. The Balaban J connectivity index is 0.000000251. The molecular weight excluding hydrogens is 326 g/mol. The van der Waals surface area contributed by atoms with Crippen LogP contribution in [0, 0.1) is 11.6 Å². The highest BCUT2D eigenvalue weighted by Gasteiger charge is 2.12. The van der Waals surface area contributed by atoms with Crippen molar-refractivity contribution >= 4 is 5.91 Å². The minimum atomic E-state index is -0.822. The largest absolute Gasteiger partial charge is 0.368 e. The smallest absolute Gasteiger partial charge is 0.234 e. The van der Waals surface area contributed by atoms with E-state index < -0.39 is 11.9 Å². The summed E-state index contributed by atoms with van der Waals surface area (Å²) in [5.41, 5.74) is 22.3. The highest BCUT2D eigenvalue weighted by atomic mass is 19.1. The second kappa shape index (κ2) is 10.5. The summed E-state index contributed by atoms with van der Waals surface area (Å²) in [6.07, 6.45) is 0.644. The number of carbonyl (C=O) groups excluding carboxylic acids is 1. The lowest BCUT2D eigenvalue weighted by atomic mass is 10.1. The molecule has 0 fully saturated rings. The summed E-state index contributed by atoms with van der Waals surface area (Å²) in [5, 5.41) is 0. The van der Waals surface area contributed by atoms with Gasteiger partial charge in [0.05, 0.1) is 6.04 Å². The summed E-state index contributed by atoms with van der Waals surface area (Å²) in [7, 11) is 0. The molecule has 2 aromatic rings. The molecular formula is C18H24F2N4O. The summed E-state index contributed by atoms with van der Waals surface area (Å²) in [4.78, 5) is 10.6. The third-order valence-corrected chi connectivity index (χ3v) is 3.51. The molecule has 0 heterocycles. The van der Waals surface area contributed by atoms with Crippen LogP contribution in [0.25, 0.3) is 0 Å². The molecule has 136 valence electrons. The van der Waals surface area contributed by atoms with Gasteiger partial charge in [0.2, 0.25) is 5.91 Å². The van der Waals surface area contributed by atoms with E-state index in [-0.39, 0.29) is 24.1 Å². The topological polar surface area (TPSA) is 121 Å². The van der Waals surface area contributed by atoms with E-state index in [1.807, 2.05) is 0 Å². The average molecular weight is 350 g/mol. The van der Waals surface area contributed by atoms with Crippen LogP contribution < -0.4 is 22.9 Å². The molecule has 2 unspecified atom stereocenters. The van der Waals surface area contributed by atoms with Gasteiger partial charge in [-0.1, -0.05) is 36.4 Å². The standard InChI is InChI=1S/C9H11FN2O.C9H13FN2/c10-7-4-2-1-3-6(7)5-8(11)9(12)13;10-9-4-2-1-3-7(9)5-8(12)6-11/h1-4,8H,5,11H2,(H2,12,13);1-4,8H,5-6,11-12H2. The molecule has 8 N–H and O–H groups in total. The summed E-state index contributed by atoms with van der Waals surface area (Å²) in [6, 6.07) is 11.8. The van der Waals surface area contributed by atoms with E-state index in [2.05, 4.69) is 0 Å². The molecule has 1 amide bonds. The first-order valence-electron chi connectivity index (χ1n) is 7.82. The molecule has 0 saturated carbocycles. The van der Waals surface area contributed by atoms with E-state index in [4.69, 9.17) is 22.9 Å². The Morgan fingerprint density at radius 2 is 1.32 bits per heavy atom. The maximum absolute atomic E-state index is 13.0. The van der Waals surface area contributed by atoms with Crippen LogP contribution in [0.4, 0.5) is 8.78 Å². The van der Waals surface area contributed by atoms with Gasteiger partial charge in [-0.3, -0.25) is 4.79 Å². The normalized spacial score (nSPS) is 12.7. The van der Waals surface area contributed by atoms with Gasteiger partial charge in [-0.05, 0) is 36.1 Å². The van der Waals surface area contributed by atoms with Crippen molar-refractivity contribution in [3.63, 3.8) is 0 Å². The molecule has 0 radical (unpaired) electrons. The van der Waals surface area contributed by atoms with Crippen LogP contribution in [0.2, 0.25) is 0 Å². The van der Waals surface area contributed by atoms with Crippen LogP contribution in [0.3, 0.4) is 0 Å². The molecule has 0 aromatic heterocycles. The highest BCUT2D eigenvalue weighted by molar-refractivity contribution is 5.79. The van der Waals surface area contributed by atoms with Gasteiger partial charge in [0.15, 0.2) is 0 Å². The van der Waals surface area contributed by atoms with Crippen molar-refractivity contribution in [1.29, 1.82) is 0 Å². The van der Waals surface area contributed by atoms with Gasteiger partial charge in [-0.15, -0.1) is 0 Å². The summed E-state index contributed by atoms with van der Waals surface area (Å²) < 4.78 is 26.0. The van der Waals surface area contributed by atoms with E-state index in [0.29, 0.717) is 24.1 Å². The number of carbonyl (C=O) groups is 1. The average Bonchev–Trinajstić information content (AvgIpc) is 2.59. The predicted molar refractivity (Wildman–Crippen MR) is 94.4 cm³/mol. The Hall–Kier alpha value is -2.35. The molecule has 5 nitrogen and oxygen atoms in total. The molecule has 0 aliphatic rings. The minimum absolute atomic E-state index is 0.141. The maximum atomic E-state index is 13.0. The Morgan fingerprint density at radius 3 is 1.72 bits per heavy atom. The van der Waals surface area contributed by atoms with Gasteiger partial charge in [0, 0.05) is 12.6 Å². The Labute approximate surface area is 146 Å². The zero-order valence-electron chi connectivity index (χ0n) is 13.9. The van der Waals surface area contributed by atoms with Crippen molar-refractivity contribution in [2.75, 3.05) is 6.54 Å². The van der Waals surface area contributed by atoms with Gasteiger partial charge < -0.3 is 22.9 Å². The number of hydrogen-bond acceptors (Lipinski definition) is 4. The van der Waals surface area contributed by atoms with Crippen LogP contribution in [-0.4, -0.2) is 24.5 Å². The number of hydrogen-bond donors (Lipinski definition) is 4. The molecule has 2 aromatic carbocycles. The first-order chi connectivity index (χ1) is 11.8. The summed E-state index contributed by atoms with van der Waals surface area (Å²) >= 11 is 0. The number of primary amides is 1. The van der Waals surface area contributed by atoms with Crippen LogP contribution in [-0.2, 0) is 17.6 Å². The van der Waals surface area contributed by atoms with Crippen molar-refractivity contribution < 1.29 is 13.6 Å². The molecule has 0 bridgehead atoms. The Bertz CT molecular complexity index is 682. The summed E-state index contributed by atoms with van der Waals surface area (Å²) in [5.74, 6) is -1.19. The van der Waals surface area contributed by atoms with E-state index in [0.717, 1.165) is 0 Å². The van der Waals surface area contributed by atoms with Crippen molar-refractivity contribution in [3.05, 3.63) is 71.3 Å². The molecule has 2 rings (SSSR count). The fourth-order valence-corrected chi connectivity index (χ4v) is 2.03. The molecule has 0 spiro atoms. The monoisotopic (exact) mass is 350 g/mol. The predicted octanol–water partition coefficient (Wildman–Crippen LogP) is 0.835. The van der Waals surface area contributed by atoms with Crippen LogP contribution in [0.5, 0.6) is 0 Å². The van der Waals surface area contributed by atoms with E-state index in [1.54, 1.807) is 36.4 Å². The minimum Gasteiger partial charge on any atom is -0.368 e. The summed E-state index contributed by atoms with van der Waals surface area (Å²) in [6.45, 7) is 0.383. The van der Waals surface area contributed by atoms with Crippen LogP contribution >= 0.6 is 0 Å². The number of halogens is 2. The molecule has 0 aliphatic heterocycles. The molecule has 0 saturated heterocycles. The van der Waals surface area contributed by atoms with Crippen LogP contribution in [0.15, 0.2) is 48.5 Å². The zero-order valence-corrected chi connectivity index (χ0v) is 13.9. The molecule has 25 heavy (non-hydrogen) atoms. The molecule has 0 aliphatic carbocycles. The Kier molecular flexibility index (Phi) is 8.69. The van der Waals surface area contributed by atoms with Gasteiger partial charge in [-0.2, -0.15) is 0 Å². The first kappa shape index (κ1) is 20.7. The lowest BCUT2D eigenvalue weighted by molar-refractivity contribution is -0.119. The fourth-order valence-electron chi connectivity index (χ4n) is 2.03. The van der Waals surface area contributed by atoms with Gasteiger partial charge in [0.25, 0.3) is 0 Å². The maximum Gasteiger partial charge on any atom is 0.234 e. The number of amides is 1. The molecule has 2 atom stereocenters. The van der Waals surface area contributed by atoms with Crippen molar-refractivity contribution in [2.24, 2.45) is 22.9 Å². The number of benzene rings is 2. The lowest BCUT2D eigenvalue weighted by Crippen LogP contribution is -2.38. The van der Waals surface area contributed by atoms with E-state index >= 15 is 0 Å². The SMILES string of the molecule is NC(=O)C(N)Cc1ccccc1F.NCC(N)Cc1ccccc1F. The highest BCUT2D eigenvalue weighted by Crippen LogP contribution is 2.08. The van der Waals surface area contributed by atoms with Crippen LogP contribution in [0.1, 0.15) is 11.1 Å².